The van der Waals surface area contributed by atoms with Crippen LogP contribution >= 0.6 is 0 Å². The van der Waals surface area contributed by atoms with Gasteiger partial charge < -0.3 is 20.6 Å². The van der Waals surface area contributed by atoms with Crippen molar-refractivity contribution in [2.24, 2.45) is 10.9 Å². The Morgan fingerprint density at radius 3 is 3.00 bits per heavy atom. The van der Waals surface area contributed by atoms with E-state index in [0.29, 0.717) is 6.54 Å². The molecule has 0 aromatic heterocycles. The third-order valence-electron chi connectivity index (χ3n) is 2.86. The van der Waals surface area contributed by atoms with Gasteiger partial charge in [0.25, 0.3) is 0 Å². The summed E-state index contributed by atoms with van der Waals surface area (Å²) in [6.07, 6.45) is 1.26. The molecule has 6 nitrogen and oxygen atoms in total. The first-order valence-electron chi connectivity index (χ1n) is 6.14. The summed E-state index contributed by atoms with van der Waals surface area (Å²) in [5.74, 6) is 0.252. The highest BCUT2D eigenvalue weighted by atomic mass is 16.5. The fourth-order valence-electron chi connectivity index (χ4n) is 2.08. The minimum atomic E-state index is 0.215. The number of amidine groups is 1. The number of nitrogens with zero attached hydrogens (tertiary/aromatic N) is 3. The molecule has 17 heavy (non-hydrogen) atoms. The molecule has 6 heteroatoms. The van der Waals surface area contributed by atoms with E-state index in [0.717, 1.165) is 39.2 Å². The molecule has 0 amide bonds. The first kappa shape index (κ1) is 14.2. The van der Waals surface area contributed by atoms with E-state index in [-0.39, 0.29) is 11.9 Å². The van der Waals surface area contributed by atoms with Crippen molar-refractivity contribution in [3.05, 3.63) is 0 Å². The number of morpholine rings is 1. The van der Waals surface area contributed by atoms with E-state index < -0.39 is 0 Å². The third-order valence-corrected chi connectivity index (χ3v) is 2.86. The molecule has 1 aliphatic rings. The van der Waals surface area contributed by atoms with Gasteiger partial charge in [0.05, 0.1) is 19.3 Å². The minimum Gasteiger partial charge on any atom is -0.409 e. The maximum atomic E-state index is 8.60. The first-order chi connectivity index (χ1) is 8.15. The van der Waals surface area contributed by atoms with Crippen LogP contribution in [0.4, 0.5) is 0 Å². The number of nitrogens with two attached hydrogens (primary N) is 1. The van der Waals surface area contributed by atoms with Gasteiger partial charge in [-0.1, -0.05) is 12.1 Å². The summed E-state index contributed by atoms with van der Waals surface area (Å²) in [5.41, 5.74) is 5.54. The zero-order valence-corrected chi connectivity index (χ0v) is 10.8. The summed E-state index contributed by atoms with van der Waals surface area (Å²) in [5, 5.41) is 11.6. The average molecular weight is 244 g/mol. The highest BCUT2D eigenvalue weighted by molar-refractivity contribution is 5.81. The van der Waals surface area contributed by atoms with Crippen LogP contribution in [0.3, 0.4) is 0 Å². The predicted molar refractivity (Wildman–Crippen MR) is 67.4 cm³/mol. The van der Waals surface area contributed by atoms with Gasteiger partial charge in [-0.2, -0.15) is 0 Å². The van der Waals surface area contributed by atoms with Crippen LogP contribution in [0.15, 0.2) is 5.16 Å². The Morgan fingerprint density at radius 2 is 2.41 bits per heavy atom. The van der Waals surface area contributed by atoms with Crippen molar-refractivity contribution >= 4 is 5.84 Å². The Morgan fingerprint density at radius 1 is 1.65 bits per heavy atom. The second kappa shape index (κ2) is 7.47. The zero-order valence-electron chi connectivity index (χ0n) is 10.8. The molecule has 0 bridgehead atoms. The van der Waals surface area contributed by atoms with Gasteiger partial charge in [-0.15, -0.1) is 0 Å². The molecule has 1 saturated heterocycles. The van der Waals surface area contributed by atoms with Crippen LogP contribution in [0, 0.1) is 0 Å². The van der Waals surface area contributed by atoms with Crippen LogP contribution in [0.25, 0.3) is 0 Å². The maximum absolute atomic E-state index is 8.60. The van der Waals surface area contributed by atoms with Crippen molar-refractivity contribution in [2.45, 2.75) is 19.4 Å². The Kier molecular flexibility index (Phi) is 6.25. The molecule has 100 valence electrons. The maximum Gasteiger partial charge on any atom is 0.153 e. The Hall–Kier alpha value is -0.850. The van der Waals surface area contributed by atoms with Crippen LogP contribution in [0.2, 0.25) is 0 Å². The van der Waals surface area contributed by atoms with Gasteiger partial charge in [-0.05, 0) is 20.0 Å². The molecule has 3 N–H and O–H groups in total. The Balaban J connectivity index is 2.41. The number of rotatable bonds is 6. The van der Waals surface area contributed by atoms with Crippen LogP contribution < -0.4 is 5.73 Å². The zero-order chi connectivity index (χ0) is 12.7. The molecule has 1 rings (SSSR count). The van der Waals surface area contributed by atoms with E-state index in [9.17, 15) is 0 Å². The summed E-state index contributed by atoms with van der Waals surface area (Å²) >= 11 is 0. The Bertz CT molecular complexity index is 248. The second-order valence-electron chi connectivity index (χ2n) is 4.58. The van der Waals surface area contributed by atoms with Crippen LogP contribution in [0.5, 0.6) is 0 Å². The number of oxime groups is 1. The normalized spacial score (nSPS) is 23.2. The molecule has 0 radical (unpaired) electrons. The molecule has 1 aliphatic heterocycles. The van der Waals surface area contributed by atoms with Crippen molar-refractivity contribution in [2.75, 3.05) is 46.4 Å². The molecule has 0 saturated carbocycles. The van der Waals surface area contributed by atoms with Crippen LogP contribution in [-0.2, 0) is 4.74 Å². The molecular formula is C11H24N4O2. The fraction of sp³-hybridized carbons (Fsp3) is 0.909. The van der Waals surface area contributed by atoms with Crippen molar-refractivity contribution in [1.82, 2.24) is 9.80 Å². The molecule has 0 spiro atoms. The Labute approximate surface area is 103 Å². The number of ether oxygens (including phenoxy) is 1. The summed E-state index contributed by atoms with van der Waals surface area (Å²) in [6, 6.07) is 0. The standard InChI is InChI=1S/C11H24N4O2/c1-3-4-15(9-11(12)13-16)8-10-7-14(2)5-6-17-10/h10,16H,3-9H2,1-2H3,(H2,12,13). The minimum absolute atomic E-state index is 0.215. The van der Waals surface area contributed by atoms with E-state index in [2.05, 4.69) is 28.9 Å². The van der Waals surface area contributed by atoms with Gasteiger partial charge in [0.2, 0.25) is 0 Å². The second-order valence-corrected chi connectivity index (χ2v) is 4.58. The lowest BCUT2D eigenvalue weighted by Crippen LogP contribution is -2.47. The van der Waals surface area contributed by atoms with Crippen LogP contribution in [-0.4, -0.2) is 73.3 Å². The SMILES string of the molecule is CCCN(CC(N)=NO)CC1CN(C)CCO1. The molecule has 0 aromatic rings. The molecular weight excluding hydrogens is 220 g/mol. The molecule has 1 heterocycles. The van der Waals surface area contributed by atoms with Crippen molar-refractivity contribution in [3.8, 4) is 0 Å². The lowest BCUT2D eigenvalue weighted by molar-refractivity contribution is -0.0338. The first-order valence-corrected chi connectivity index (χ1v) is 6.14. The monoisotopic (exact) mass is 244 g/mol. The largest absolute Gasteiger partial charge is 0.409 e. The number of hydrogen-bond acceptors (Lipinski definition) is 5. The van der Waals surface area contributed by atoms with Gasteiger partial charge >= 0.3 is 0 Å². The van der Waals surface area contributed by atoms with Gasteiger partial charge in [-0.3, -0.25) is 4.90 Å². The van der Waals surface area contributed by atoms with E-state index in [1.165, 1.54) is 0 Å². The summed E-state index contributed by atoms with van der Waals surface area (Å²) in [7, 11) is 2.10. The molecule has 1 fully saturated rings. The van der Waals surface area contributed by atoms with E-state index in [1.54, 1.807) is 0 Å². The molecule has 0 aliphatic carbocycles. The van der Waals surface area contributed by atoms with E-state index in [1.807, 2.05) is 0 Å². The lowest BCUT2D eigenvalue weighted by Gasteiger charge is -2.33. The predicted octanol–water partition coefficient (Wildman–Crippen LogP) is -0.225. The van der Waals surface area contributed by atoms with Crippen molar-refractivity contribution in [3.63, 3.8) is 0 Å². The van der Waals surface area contributed by atoms with Gasteiger partial charge in [-0.25, -0.2) is 0 Å². The van der Waals surface area contributed by atoms with Gasteiger partial charge in [0.15, 0.2) is 5.84 Å². The highest BCUT2D eigenvalue weighted by Gasteiger charge is 2.20. The number of likely N-dealkylation sites (N-methyl/N-ethyl adjacent to an activating group) is 1. The van der Waals surface area contributed by atoms with E-state index in [4.69, 9.17) is 15.7 Å². The van der Waals surface area contributed by atoms with Crippen LogP contribution in [0.1, 0.15) is 13.3 Å². The molecule has 1 unspecified atom stereocenters. The fourth-order valence-corrected chi connectivity index (χ4v) is 2.08. The highest BCUT2D eigenvalue weighted by Crippen LogP contribution is 2.05. The lowest BCUT2D eigenvalue weighted by atomic mass is 10.2. The van der Waals surface area contributed by atoms with Gasteiger partial charge in [0.1, 0.15) is 0 Å². The summed E-state index contributed by atoms with van der Waals surface area (Å²) in [4.78, 5) is 4.43. The quantitative estimate of drug-likeness (QED) is 0.292. The topological polar surface area (TPSA) is 74.3 Å². The van der Waals surface area contributed by atoms with E-state index >= 15 is 0 Å². The summed E-state index contributed by atoms with van der Waals surface area (Å²) in [6.45, 7) is 7.08. The smallest absolute Gasteiger partial charge is 0.153 e. The number of hydrogen-bond donors (Lipinski definition) is 2. The van der Waals surface area contributed by atoms with Crippen molar-refractivity contribution in [1.29, 1.82) is 0 Å². The molecule has 1 atom stereocenters. The third kappa shape index (κ3) is 5.34. The molecule has 0 aromatic carbocycles. The summed E-state index contributed by atoms with van der Waals surface area (Å²) < 4.78 is 5.71. The van der Waals surface area contributed by atoms with Crippen molar-refractivity contribution < 1.29 is 9.94 Å². The van der Waals surface area contributed by atoms with Gasteiger partial charge in [0, 0.05) is 19.6 Å². The average Bonchev–Trinajstić information content (AvgIpc) is 2.29.